The zero-order valence-electron chi connectivity index (χ0n) is 11.5. The maximum absolute atomic E-state index is 9.32. The van der Waals surface area contributed by atoms with Crippen LogP contribution in [0.5, 0.6) is 5.75 Å². The molecule has 0 unspecified atom stereocenters. The van der Waals surface area contributed by atoms with Gasteiger partial charge in [-0.2, -0.15) is 0 Å². The Morgan fingerprint density at radius 2 is 2.05 bits per heavy atom. The van der Waals surface area contributed by atoms with Crippen LogP contribution in [0, 0.1) is 0 Å². The molecule has 3 rings (SSSR count). The first-order valence-electron chi connectivity index (χ1n) is 6.80. The number of hydrogen-bond donors (Lipinski definition) is 2. The zero-order valence-corrected chi connectivity index (χ0v) is 12.2. The molecular weight excluding hydrogens is 286 g/mol. The molecular formula is C17H16ClNO2. The summed E-state index contributed by atoms with van der Waals surface area (Å²) in [6.45, 7) is 1.25. The second kappa shape index (κ2) is 6.20. The van der Waals surface area contributed by atoms with Gasteiger partial charge in [0.25, 0.3) is 0 Å². The molecule has 4 heteroatoms. The maximum Gasteiger partial charge on any atom is 0.127 e. The summed E-state index contributed by atoms with van der Waals surface area (Å²) in [6, 6.07) is 13.3. The maximum atomic E-state index is 9.32. The molecule has 0 saturated heterocycles. The molecule has 108 valence electrons. The molecule has 0 bridgehead atoms. The summed E-state index contributed by atoms with van der Waals surface area (Å²) in [6.07, 6.45) is 2.10. The van der Waals surface area contributed by atoms with Gasteiger partial charge in [-0.05, 0) is 35.9 Å². The van der Waals surface area contributed by atoms with Crippen LogP contribution in [0.25, 0.3) is 6.08 Å². The molecule has 0 atom stereocenters. The Bertz CT molecular complexity index is 682. The number of hydrogen-bond acceptors (Lipinski definition) is 3. The van der Waals surface area contributed by atoms with Gasteiger partial charge in [0.15, 0.2) is 0 Å². The third-order valence-electron chi connectivity index (χ3n) is 3.44. The van der Waals surface area contributed by atoms with E-state index in [0.717, 1.165) is 28.1 Å². The second-order valence-electron chi connectivity index (χ2n) is 4.94. The molecule has 0 amide bonds. The number of benzene rings is 2. The van der Waals surface area contributed by atoms with E-state index in [4.69, 9.17) is 16.3 Å². The van der Waals surface area contributed by atoms with Gasteiger partial charge in [0, 0.05) is 28.4 Å². The minimum absolute atomic E-state index is 0.0250. The molecule has 0 aromatic heterocycles. The van der Waals surface area contributed by atoms with Crippen LogP contribution in [0.3, 0.4) is 0 Å². The predicted molar refractivity (Wildman–Crippen MR) is 85.8 cm³/mol. The van der Waals surface area contributed by atoms with E-state index in [1.54, 1.807) is 0 Å². The minimum atomic E-state index is 0.0250. The summed E-state index contributed by atoms with van der Waals surface area (Å²) in [7, 11) is 0. The van der Waals surface area contributed by atoms with E-state index in [-0.39, 0.29) is 6.61 Å². The minimum Gasteiger partial charge on any atom is -0.489 e. The van der Waals surface area contributed by atoms with Crippen molar-refractivity contribution in [3.63, 3.8) is 0 Å². The lowest BCUT2D eigenvalue weighted by Crippen LogP contribution is -2.15. The lowest BCUT2D eigenvalue weighted by Gasteiger charge is -2.19. The van der Waals surface area contributed by atoms with Crippen LogP contribution in [-0.2, 0) is 6.61 Å². The van der Waals surface area contributed by atoms with Gasteiger partial charge in [-0.1, -0.05) is 29.8 Å². The van der Waals surface area contributed by atoms with Crippen LogP contribution in [0.2, 0.25) is 5.02 Å². The van der Waals surface area contributed by atoms with Crippen molar-refractivity contribution in [2.45, 2.75) is 6.61 Å². The van der Waals surface area contributed by atoms with E-state index in [1.165, 1.54) is 0 Å². The van der Waals surface area contributed by atoms with Crippen molar-refractivity contribution in [2.24, 2.45) is 0 Å². The molecule has 3 nitrogen and oxygen atoms in total. The first-order valence-corrected chi connectivity index (χ1v) is 7.18. The largest absolute Gasteiger partial charge is 0.489 e. The summed E-state index contributed by atoms with van der Waals surface area (Å²) in [5.74, 6) is 0.860. The molecule has 0 spiro atoms. The molecule has 1 aliphatic rings. The van der Waals surface area contributed by atoms with Gasteiger partial charge in [-0.25, -0.2) is 0 Å². The average Bonchev–Trinajstić information content (AvgIpc) is 2.52. The van der Waals surface area contributed by atoms with Crippen LogP contribution in [0.1, 0.15) is 11.1 Å². The number of aliphatic hydroxyl groups excluding tert-OH is 1. The summed E-state index contributed by atoms with van der Waals surface area (Å²) in [4.78, 5) is 0. The number of fused-ring (bicyclic) bond motifs is 1. The Morgan fingerprint density at radius 3 is 2.90 bits per heavy atom. The van der Waals surface area contributed by atoms with Crippen molar-refractivity contribution in [3.05, 3.63) is 64.2 Å². The topological polar surface area (TPSA) is 41.5 Å². The fourth-order valence-corrected chi connectivity index (χ4v) is 2.52. The molecule has 2 aromatic rings. The lowest BCUT2D eigenvalue weighted by atomic mass is 10.1. The lowest BCUT2D eigenvalue weighted by molar-refractivity contribution is 0.282. The van der Waals surface area contributed by atoms with Crippen molar-refractivity contribution < 1.29 is 9.84 Å². The van der Waals surface area contributed by atoms with Gasteiger partial charge in [0.05, 0.1) is 6.61 Å². The van der Waals surface area contributed by atoms with Gasteiger partial charge in [-0.3, -0.25) is 0 Å². The number of para-hydroxylation sites is 1. The van der Waals surface area contributed by atoms with Gasteiger partial charge < -0.3 is 15.2 Å². The number of nitrogens with one attached hydrogen (secondary N) is 1. The Kier molecular flexibility index (Phi) is 4.13. The Balaban J connectivity index is 1.74. The molecule has 1 aliphatic heterocycles. The van der Waals surface area contributed by atoms with Crippen LogP contribution in [0.15, 0.2) is 48.0 Å². The van der Waals surface area contributed by atoms with Crippen LogP contribution in [-0.4, -0.2) is 18.3 Å². The summed E-state index contributed by atoms with van der Waals surface area (Å²) >= 11 is 6.01. The number of aliphatic hydroxyl groups is 1. The van der Waals surface area contributed by atoms with Gasteiger partial charge in [0.2, 0.25) is 0 Å². The predicted octanol–water partition coefficient (Wildman–Crippen LogP) is 3.72. The number of ether oxygens (including phenoxy) is 1. The van der Waals surface area contributed by atoms with E-state index in [1.807, 2.05) is 42.5 Å². The first kappa shape index (κ1) is 14.0. The van der Waals surface area contributed by atoms with Crippen LogP contribution < -0.4 is 10.1 Å². The Hall–Kier alpha value is -1.97. The van der Waals surface area contributed by atoms with Crippen molar-refractivity contribution in [1.29, 1.82) is 0 Å². The normalized spacial score (nSPS) is 13.1. The summed E-state index contributed by atoms with van der Waals surface area (Å²) < 4.78 is 5.72. The molecule has 2 N–H and O–H groups in total. The molecule has 0 fully saturated rings. The Morgan fingerprint density at radius 1 is 1.19 bits per heavy atom. The fourth-order valence-electron chi connectivity index (χ4n) is 2.34. The highest BCUT2D eigenvalue weighted by Crippen LogP contribution is 2.29. The third kappa shape index (κ3) is 3.20. The summed E-state index contributed by atoms with van der Waals surface area (Å²) in [5.41, 5.74) is 3.97. The monoisotopic (exact) mass is 301 g/mol. The SMILES string of the molecule is OCc1ccccc1NCC1=Cc2cc(Cl)ccc2OC1. The highest BCUT2D eigenvalue weighted by molar-refractivity contribution is 6.30. The van der Waals surface area contributed by atoms with Crippen LogP contribution in [0.4, 0.5) is 5.69 Å². The molecule has 0 saturated carbocycles. The van der Waals surface area contributed by atoms with E-state index in [0.29, 0.717) is 18.2 Å². The molecule has 0 radical (unpaired) electrons. The van der Waals surface area contributed by atoms with Crippen LogP contribution >= 0.6 is 11.6 Å². The molecule has 0 aliphatic carbocycles. The van der Waals surface area contributed by atoms with E-state index in [2.05, 4.69) is 11.4 Å². The molecule has 1 heterocycles. The van der Waals surface area contributed by atoms with E-state index < -0.39 is 0 Å². The molecule has 21 heavy (non-hydrogen) atoms. The first-order chi connectivity index (χ1) is 10.3. The fraction of sp³-hybridized carbons (Fsp3) is 0.176. The van der Waals surface area contributed by atoms with Gasteiger partial charge >= 0.3 is 0 Å². The number of anilines is 1. The van der Waals surface area contributed by atoms with Crippen molar-refractivity contribution in [3.8, 4) is 5.75 Å². The second-order valence-corrected chi connectivity index (χ2v) is 5.38. The number of rotatable bonds is 4. The highest BCUT2D eigenvalue weighted by atomic mass is 35.5. The quantitative estimate of drug-likeness (QED) is 0.904. The van der Waals surface area contributed by atoms with Crippen molar-refractivity contribution >= 4 is 23.4 Å². The smallest absolute Gasteiger partial charge is 0.127 e. The van der Waals surface area contributed by atoms with Crippen molar-refractivity contribution in [2.75, 3.05) is 18.5 Å². The Labute approximate surface area is 128 Å². The standard InChI is InChI=1S/C17H16ClNO2/c18-15-5-6-17-14(8-15)7-12(11-21-17)9-19-16-4-2-1-3-13(16)10-20/h1-8,19-20H,9-11H2. The van der Waals surface area contributed by atoms with E-state index >= 15 is 0 Å². The highest BCUT2D eigenvalue weighted by Gasteiger charge is 2.12. The van der Waals surface area contributed by atoms with E-state index in [9.17, 15) is 5.11 Å². The van der Waals surface area contributed by atoms with Crippen molar-refractivity contribution in [1.82, 2.24) is 0 Å². The zero-order chi connectivity index (χ0) is 14.7. The number of halogens is 1. The summed E-state index contributed by atoms with van der Waals surface area (Å²) in [5, 5.41) is 13.4. The van der Waals surface area contributed by atoms with Gasteiger partial charge in [0.1, 0.15) is 12.4 Å². The molecule has 2 aromatic carbocycles. The van der Waals surface area contributed by atoms with Gasteiger partial charge in [-0.15, -0.1) is 0 Å². The average molecular weight is 302 g/mol. The third-order valence-corrected chi connectivity index (χ3v) is 3.67.